The fourth-order valence-corrected chi connectivity index (χ4v) is 3.72. The lowest BCUT2D eigenvalue weighted by molar-refractivity contribution is -0.114. The number of rotatable bonds is 7. The number of piperidine rings is 1. The summed E-state index contributed by atoms with van der Waals surface area (Å²) < 4.78 is 24.8. The van der Waals surface area contributed by atoms with Gasteiger partial charge < -0.3 is 25.0 Å². The van der Waals surface area contributed by atoms with Crippen LogP contribution in [0.25, 0.3) is 0 Å². The highest BCUT2D eigenvalue weighted by Crippen LogP contribution is 2.18. The van der Waals surface area contributed by atoms with Gasteiger partial charge in [-0.2, -0.15) is 0 Å². The van der Waals surface area contributed by atoms with Crippen LogP contribution in [0.1, 0.15) is 39.0 Å². The van der Waals surface area contributed by atoms with Crippen molar-refractivity contribution >= 4 is 17.6 Å². The van der Waals surface area contributed by atoms with Gasteiger partial charge >= 0.3 is 0 Å². The third-order valence-electron chi connectivity index (χ3n) is 5.37. The van der Waals surface area contributed by atoms with E-state index in [0.717, 1.165) is 57.9 Å². The molecular formula is C22H33FN4O3. The summed E-state index contributed by atoms with van der Waals surface area (Å²) in [6, 6.07) is 5.70. The molecule has 166 valence electrons. The first-order chi connectivity index (χ1) is 14.6. The second-order valence-corrected chi connectivity index (χ2v) is 7.73. The van der Waals surface area contributed by atoms with Crippen LogP contribution in [0.2, 0.25) is 0 Å². The Bertz CT molecular complexity index is 684. The van der Waals surface area contributed by atoms with Gasteiger partial charge in [0.2, 0.25) is 5.91 Å². The smallest absolute Gasteiger partial charge is 0.246 e. The number of carbonyl (C=O) groups is 1. The van der Waals surface area contributed by atoms with Crippen molar-refractivity contribution < 1.29 is 18.7 Å². The number of hydrogen-bond acceptors (Lipinski definition) is 4. The van der Waals surface area contributed by atoms with Crippen molar-refractivity contribution in [1.29, 1.82) is 0 Å². The molecule has 2 aliphatic rings. The fraction of sp³-hybridized carbons (Fsp3) is 0.636. The lowest BCUT2D eigenvalue weighted by Crippen LogP contribution is -2.47. The summed E-state index contributed by atoms with van der Waals surface area (Å²) in [5, 5.41) is 6.00. The average Bonchev–Trinajstić information content (AvgIpc) is 2.78. The number of carbonyl (C=O) groups excluding carboxylic acids is 1. The van der Waals surface area contributed by atoms with E-state index in [2.05, 4.69) is 20.5 Å². The molecule has 7 nitrogen and oxygen atoms in total. The van der Waals surface area contributed by atoms with Crippen molar-refractivity contribution in [2.24, 2.45) is 4.99 Å². The quantitative estimate of drug-likeness (QED) is 0.524. The van der Waals surface area contributed by atoms with E-state index in [1.165, 1.54) is 30.7 Å². The van der Waals surface area contributed by atoms with Crippen molar-refractivity contribution in [3.63, 3.8) is 0 Å². The Balaban J connectivity index is 1.43. The van der Waals surface area contributed by atoms with Gasteiger partial charge in [-0.1, -0.05) is 0 Å². The lowest BCUT2D eigenvalue weighted by atomic mass is 10.1. The number of nitrogens with one attached hydrogen (secondary N) is 2. The van der Waals surface area contributed by atoms with E-state index in [0.29, 0.717) is 12.3 Å². The van der Waals surface area contributed by atoms with Gasteiger partial charge in [-0.3, -0.25) is 4.79 Å². The van der Waals surface area contributed by atoms with E-state index in [9.17, 15) is 9.18 Å². The largest absolute Gasteiger partial charge is 0.376 e. The number of anilines is 1. The van der Waals surface area contributed by atoms with E-state index in [-0.39, 0.29) is 30.5 Å². The predicted octanol–water partition coefficient (Wildman–Crippen LogP) is 2.78. The standard InChI is InChI=1S/C22H33FN4O3/c1-2-24-22(25-15-21(28)26-18-8-6-17(23)7-9-18)27-12-10-19(11-13-27)30-16-20-5-3-4-14-29-20/h6-9,19-20H,2-5,10-16H2,1H3,(H,24,25)(H,26,28). The minimum Gasteiger partial charge on any atom is -0.376 e. The summed E-state index contributed by atoms with van der Waals surface area (Å²) >= 11 is 0. The molecule has 1 unspecified atom stereocenters. The molecule has 8 heteroatoms. The molecule has 1 aromatic rings. The van der Waals surface area contributed by atoms with Crippen LogP contribution < -0.4 is 10.6 Å². The molecule has 0 aromatic heterocycles. The molecule has 30 heavy (non-hydrogen) atoms. The Morgan fingerprint density at radius 1 is 1.23 bits per heavy atom. The number of ether oxygens (including phenoxy) is 2. The third-order valence-corrected chi connectivity index (χ3v) is 5.37. The minimum absolute atomic E-state index is 0.00908. The minimum atomic E-state index is -0.334. The zero-order chi connectivity index (χ0) is 21.2. The SMILES string of the molecule is CCNC(=NCC(=O)Nc1ccc(F)cc1)N1CCC(OCC2CCCCO2)CC1. The van der Waals surface area contributed by atoms with Gasteiger partial charge in [0, 0.05) is 31.9 Å². The first-order valence-corrected chi connectivity index (χ1v) is 11.0. The molecule has 3 rings (SSSR count). The molecule has 2 fully saturated rings. The number of nitrogens with zero attached hydrogens (tertiary/aromatic N) is 2. The molecule has 0 spiro atoms. The molecule has 1 amide bonds. The summed E-state index contributed by atoms with van der Waals surface area (Å²) in [6.45, 7) is 5.95. The highest BCUT2D eigenvalue weighted by molar-refractivity contribution is 5.94. The summed E-state index contributed by atoms with van der Waals surface area (Å²) in [5.41, 5.74) is 0.557. The molecule has 2 aliphatic heterocycles. The number of benzene rings is 1. The molecule has 2 N–H and O–H groups in total. The van der Waals surface area contributed by atoms with Crippen molar-refractivity contribution in [1.82, 2.24) is 10.2 Å². The van der Waals surface area contributed by atoms with Crippen LogP contribution in [0, 0.1) is 5.82 Å². The molecule has 1 aromatic carbocycles. The van der Waals surface area contributed by atoms with Crippen LogP contribution in [0.15, 0.2) is 29.3 Å². The molecule has 1 atom stereocenters. The lowest BCUT2D eigenvalue weighted by Gasteiger charge is -2.35. The molecule has 2 heterocycles. The molecule has 0 aliphatic carbocycles. The second-order valence-electron chi connectivity index (χ2n) is 7.73. The maximum atomic E-state index is 13.0. The van der Waals surface area contributed by atoms with E-state index in [1.807, 2.05) is 6.92 Å². The van der Waals surface area contributed by atoms with Crippen LogP contribution >= 0.6 is 0 Å². The Kier molecular flexibility index (Phi) is 8.89. The van der Waals surface area contributed by atoms with E-state index >= 15 is 0 Å². The Hall–Kier alpha value is -2.19. The van der Waals surface area contributed by atoms with Gasteiger partial charge in [-0.25, -0.2) is 9.38 Å². The van der Waals surface area contributed by atoms with Crippen LogP contribution in [0.4, 0.5) is 10.1 Å². The summed E-state index contributed by atoms with van der Waals surface area (Å²) in [6.07, 6.45) is 5.83. The van der Waals surface area contributed by atoms with Gasteiger partial charge in [0.1, 0.15) is 12.4 Å². The number of amides is 1. The van der Waals surface area contributed by atoms with Crippen molar-refractivity contribution in [2.45, 2.75) is 51.2 Å². The fourth-order valence-electron chi connectivity index (χ4n) is 3.72. The highest BCUT2D eigenvalue weighted by Gasteiger charge is 2.24. The van der Waals surface area contributed by atoms with Gasteiger partial charge in [-0.05, 0) is 63.3 Å². The van der Waals surface area contributed by atoms with E-state index in [4.69, 9.17) is 9.47 Å². The molecular weight excluding hydrogens is 387 g/mol. The molecule has 0 saturated carbocycles. The first kappa shape index (κ1) is 22.5. The van der Waals surface area contributed by atoms with Crippen LogP contribution in [0.3, 0.4) is 0 Å². The topological polar surface area (TPSA) is 75.2 Å². The van der Waals surface area contributed by atoms with Gasteiger partial charge in [0.25, 0.3) is 0 Å². The summed E-state index contributed by atoms with van der Waals surface area (Å²) in [5.74, 6) is 0.169. The van der Waals surface area contributed by atoms with Gasteiger partial charge in [-0.15, -0.1) is 0 Å². The van der Waals surface area contributed by atoms with Crippen LogP contribution in [-0.2, 0) is 14.3 Å². The predicted molar refractivity (Wildman–Crippen MR) is 115 cm³/mol. The number of aliphatic imine (C=N–C) groups is 1. The van der Waals surface area contributed by atoms with E-state index in [1.54, 1.807) is 0 Å². The zero-order valence-electron chi connectivity index (χ0n) is 17.7. The number of guanidine groups is 1. The molecule has 0 radical (unpaired) electrons. The Labute approximate surface area is 178 Å². The van der Waals surface area contributed by atoms with Crippen LogP contribution in [-0.4, -0.2) is 68.4 Å². The molecule has 2 saturated heterocycles. The van der Waals surface area contributed by atoms with Crippen molar-refractivity contribution in [3.8, 4) is 0 Å². The number of halogens is 1. The van der Waals surface area contributed by atoms with Crippen LogP contribution in [0.5, 0.6) is 0 Å². The highest BCUT2D eigenvalue weighted by atomic mass is 19.1. The second kappa shape index (κ2) is 11.9. The maximum Gasteiger partial charge on any atom is 0.246 e. The summed E-state index contributed by atoms with van der Waals surface area (Å²) in [7, 11) is 0. The first-order valence-electron chi connectivity index (χ1n) is 11.0. The maximum absolute atomic E-state index is 13.0. The average molecular weight is 421 g/mol. The molecule has 0 bridgehead atoms. The number of hydrogen-bond donors (Lipinski definition) is 2. The Morgan fingerprint density at radius 2 is 2.00 bits per heavy atom. The van der Waals surface area contributed by atoms with Gasteiger partial charge in [0.15, 0.2) is 5.96 Å². The normalized spacial score (nSPS) is 20.8. The summed E-state index contributed by atoms with van der Waals surface area (Å²) in [4.78, 5) is 18.8. The third kappa shape index (κ3) is 7.25. The van der Waals surface area contributed by atoms with E-state index < -0.39 is 0 Å². The number of likely N-dealkylation sites (tertiary alicyclic amines) is 1. The van der Waals surface area contributed by atoms with Crippen molar-refractivity contribution in [3.05, 3.63) is 30.1 Å². The van der Waals surface area contributed by atoms with Gasteiger partial charge in [0.05, 0.1) is 18.8 Å². The monoisotopic (exact) mass is 420 g/mol. The Morgan fingerprint density at radius 3 is 2.67 bits per heavy atom. The van der Waals surface area contributed by atoms with Crippen molar-refractivity contribution in [2.75, 3.05) is 44.7 Å². The zero-order valence-corrected chi connectivity index (χ0v) is 17.7.